The lowest BCUT2D eigenvalue weighted by molar-refractivity contribution is -0.0271. The van der Waals surface area contributed by atoms with Gasteiger partial charge in [-0.2, -0.15) is 0 Å². The molecule has 0 amide bonds. The van der Waals surface area contributed by atoms with Gasteiger partial charge >= 0.3 is 0 Å². The second-order valence-corrected chi connectivity index (χ2v) is 6.61. The highest BCUT2D eigenvalue weighted by Gasteiger charge is 2.33. The normalized spacial score (nSPS) is 19.9. The van der Waals surface area contributed by atoms with Gasteiger partial charge in [0.2, 0.25) is 0 Å². The predicted molar refractivity (Wildman–Crippen MR) is 81.1 cm³/mol. The van der Waals surface area contributed by atoms with E-state index in [0.29, 0.717) is 22.5 Å². The molecule has 1 N–H and O–H groups in total. The van der Waals surface area contributed by atoms with Crippen LogP contribution in [0.2, 0.25) is 10.0 Å². The molecule has 0 aromatic heterocycles. The molecule has 19 heavy (non-hydrogen) atoms. The van der Waals surface area contributed by atoms with Gasteiger partial charge in [-0.15, -0.1) is 0 Å². The van der Waals surface area contributed by atoms with Crippen LogP contribution >= 0.6 is 23.2 Å². The summed E-state index contributed by atoms with van der Waals surface area (Å²) in [6, 6.07) is 5.97. The number of hydrogen-bond acceptors (Lipinski definition) is 2. The highest BCUT2D eigenvalue weighted by atomic mass is 35.5. The maximum Gasteiger partial charge on any atom is 0.0712 e. The minimum atomic E-state index is -0.653. The summed E-state index contributed by atoms with van der Waals surface area (Å²) in [5, 5.41) is 12.1. The lowest BCUT2D eigenvalue weighted by Gasteiger charge is -2.40. The van der Waals surface area contributed by atoms with Crippen molar-refractivity contribution in [1.82, 2.24) is 4.90 Å². The molecule has 1 aliphatic rings. The fourth-order valence-corrected chi connectivity index (χ4v) is 3.05. The van der Waals surface area contributed by atoms with Crippen molar-refractivity contribution in [2.75, 3.05) is 13.1 Å². The number of rotatable bonds is 3. The van der Waals surface area contributed by atoms with Gasteiger partial charge in [-0.3, -0.25) is 0 Å². The molecule has 1 aromatic carbocycles. The van der Waals surface area contributed by atoms with E-state index in [-0.39, 0.29) is 0 Å². The average molecular weight is 302 g/mol. The zero-order valence-corrected chi connectivity index (χ0v) is 13.0. The van der Waals surface area contributed by atoms with E-state index in [2.05, 4.69) is 18.7 Å². The number of piperidine rings is 1. The molecule has 0 aliphatic carbocycles. The van der Waals surface area contributed by atoms with Gasteiger partial charge in [-0.05, 0) is 50.5 Å². The average Bonchev–Trinajstić information content (AvgIpc) is 2.34. The SMILES string of the molecule is CC(C)N1CCC(O)(Cc2cc(Cl)ccc2Cl)CC1. The Morgan fingerprint density at radius 3 is 2.47 bits per heavy atom. The Bertz CT molecular complexity index is 440. The van der Waals surface area contributed by atoms with Crippen LogP contribution in [0.5, 0.6) is 0 Å². The van der Waals surface area contributed by atoms with Crippen LogP contribution in [0.1, 0.15) is 32.3 Å². The van der Waals surface area contributed by atoms with Crippen molar-refractivity contribution in [3.05, 3.63) is 33.8 Å². The van der Waals surface area contributed by atoms with Crippen molar-refractivity contribution in [1.29, 1.82) is 0 Å². The van der Waals surface area contributed by atoms with Gasteiger partial charge in [0.15, 0.2) is 0 Å². The zero-order valence-electron chi connectivity index (χ0n) is 11.5. The topological polar surface area (TPSA) is 23.5 Å². The first-order chi connectivity index (χ1) is 8.89. The summed E-state index contributed by atoms with van der Waals surface area (Å²) >= 11 is 12.2. The number of benzene rings is 1. The molecule has 2 rings (SSSR count). The first-order valence-corrected chi connectivity index (χ1v) is 7.56. The number of halogens is 2. The molecule has 1 aliphatic heterocycles. The van der Waals surface area contributed by atoms with E-state index in [9.17, 15) is 5.11 Å². The molecule has 0 atom stereocenters. The van der Waals surface area contributed by atoms with E-state index in [1.165, 1.54) is 0 Å². The maximum absolute atomic E-state index is 10.7. The van der Waals surface area contributed by atoms with Crippen LogP contribution in [0.25, 0.3) is 0 Å². The van der Waals surface area contributed by atoms with E-state index in [1.807, 2.05) is 6.07 Å². The molecule has 0 unspecified atom stereocenters. The number of nitrogens with zero attached hydrogens (tertiary/aromatic N) is 1. The second-order valence-electron chi connectivity index (χ2n) is 5.77. The lowest BCUT2D eigenvalue weighted by Crippen LogP contribution is -2.47. The fraction of sp³-hybridized carbons (Fsp3) is 0.600. The van der Waals surface area contributed by atoms with E-state index >= 15 is 0 Å². The molecular weight excluding hydrogens is 281 g/mol. The van der Waals surface area contributed by atoms with Gasteiger partial charge in [-0.25, -0.2) is 0 Å². The predicted octanol–water partition coefficient (Wildman–Crippen LogP) is 3.77. The third-order valence-corrected chi connectivity index (χ3v) is 4.59. The summed E-state index contributed by atoms with van der Waals surface area (Å²) in [5.41, 5.74) is 0.286. The number of likely N-dealkylation sites (tertiary alicyclic amines) is 1. The standard InChI is InChI=1S/C15H21Cl2NO/c1-11(2)18-7-5-15(19,6-8-18)10-12-9-13(16)3-4-14(12)17/h3-4,9,11,19H,5-8,10H2,1-2H3. The fourth-order valence-electron chi connectivity index (χ4n) is 2.67. The molecule has 0 radical (unpaired) electrons. The van der Waals surface area contributed by atoms with E-state index in [0.717, 1.165) is 31.5 Å². The molecule has 1 aromatic rings. The Kier molecular flexibility index (Phi) is 4.78. The zero-order chi connectivity index (χ0) is 14.0. The van der Waals surface area contributed by atoms with Crippen molar-refractivity contribution in [3.8, 4) is 0 Å². The van der Waals surface area contributed by atoms with E-state index in [1.54, 1.807) is 12.1 Å². The van der Waals surface area contributed by atoms with Crippen LogP contribution in [-0.4, -0.2) is 34.7 Å². The summed E-state index contributed by atoms with van der Waals surface area (Å²) in [6.07, 6.45) is 2.15. The summed E-state index contributed by atoms with van der Waals surface area (Å²) in [4.78, 5) is 2.40. The highest BCUT2D eigenvalue weighted by molar-refractivity contribution is 6.33. The first-order valence-electron chi connectivity index (χ1n) is 6.80. The highest BCUT2D eigenvalue weighted by Crippen LogP contribution is 2.31. The molecule has 1 saturated heterocycles. The van der Waals surface area contributed by atoms with Crippen molar-refractivity contribution in [2.45, 2.75) is 44.8 Å². The molecule has 1 fully saturated rings. The van der Waals surface area contributed by atoms with E-state index < -0.39 is 5.60 Å². The Balaban J connectivity index is 2.05. The third kappa shape index (κ3) is 3.85. The van der Waals surface area contributed by atoms with Crippen molar-refractivity contribution in [3.63, 3.8) is 0 Å². The number of hydrogen-bond donors (Lipinski definition) is 1. The van der Waals surface area contributed by atoms with Gasteiger partial charge in [0.05, 0.1) is 5.60 Å². The maximum atomic E-state index is 10.7. The lowest BCUT2D eigenvalue weighted by atomic mass is 9.85. The summed E-state index contributed by atoms with van der Waals surface area (Å²) in [5.74, 6) is 0. The van der Waals surface area contributed by atoms with Gasteiger partial charge in [-0.1, -0.05) is 23.2 Å². The summed E-state index contributed by atoms with van der Waals surface area (Å²) in [6.45, 7) is 6.26. The largest absolute Gasteiger partial charge is 0.389 e. The first kappa shape index (κ1) is 15.1. The molecule has 1 heterocycles. The van der Waals surface area contributed by atoms with Crippen LogP contribution in [0, 0.1) is 0 Å². The monoisotopic (exact) mass is 301 g/mol. The molecule has 0 spiro atoms. The van der Waals surface area contributed by atoms with E-state index in [4.69, 9.17) is 23.2 Å². The molecule has 106 valence electrons. The van der Waals surface area contributed by atoms with Gasteiger partial charge in [0, 0.05) is 35.6 Å². The Morgan fingerprint density at radius 2 is 1.89 bits per heavy atom. The summed E-state index contributed by atoms with van der Waals surface area (Å²) < 4.78 is 0. The Labute approximate surface area is 125 Å². The van der Waals surface area contributed by atoms with Crippen LogP contribution < -0.4 is 0 Å². The van der Waals surface area contributed by atoms with Crippen molar-refractivity contribution < 1.29 is 5.11 Å². The van der Waals surface area contributed by atoms with Crippen molar-refractivity contribution >= 4 is 23.2 Å². The smallest absolute Gasteiger partial charge is 0.0712 e. The second kappa shape index (κ2) is 6.01. The quantitative estimate of drug-likeness (QED) is 0.918. The van der Waals surface area contributed by atoms with Crippen LogP contribution in [0.3, 0.4) is 0 Å². The molecule has 0 bridgehead atoms. The molecule has 2 nitrogen and oxygen atoms in total. The minimum Gasteiger partial charge on any atom is -0.389 e. The van der Waals surface area contributed by atoms with Crippen molar-refractivity contribution in [2.24, 2.45) is 0 Å². The third-order valence-electron chi connectivity index (χ3n) is 3.99. The van der Waals surface area contributed by atoms with Gasteiger partial charge in [0.1, 0.15) is 0 Å². The summed E-state index contributed by atoms with van der Waals surface area (Å²) in [7, 11) is 0. The van der Waals surface area contributed by atoms with Crippen LogP contribution in [0.15, 0.2) is 18.2 Å². The van der Waals surface area contributed by atoms with Gasteiger partial charge in [0.25, 0.3) is 0 Å². The van der Waals surface area contributed by atoms with Crippen LogP contribution in [-0.2, 0) is 6.42 Å². The Morgan fingerprint density at radius 1 is 1.26 bits per heavy atom. The molecular formula is C15H21Cl2NO. The minimum absolute atomic E-state index is 0.541. The molecule has 4 heteroatoms. The Hall–Kier alpha value is -0.280. The number of aliphatic hydroxyl groups is 1. The van der Waals surface area contributed by atoms with Crippen LogP contribution in [0.4, 0.5) is 0 Å². The van der Waals surface area contributed by atoms with Gasteiger partial charge < -0.3 is 10.0 Å². The molecule has 0 saturated carbocycles.